The minimum Gasteiger partial charge on any atom is -0.364 e. The van der Waals surface area contributed by atoms with Crippen molar-refractivity contribution in [2.24, 2.45) is 0 Å². The highest BCUT2D eigenvalue weighted by Crippen LogP contribution is 2.27. The van der Waals surface area contributed by atoms with Gasteiger partial charge in [0.15, 0.2) is 16.5 Å². The maximum Gasteiger partial charge on any atom is 0.190 e. The third-order valence-corrected chi connectivity index (χ3v) is 4.02. The number of nitrogens with zero attached hydrogens (tertiary/aromatic N) is 3. The molecule has 0 aliphatic rings. The molecule has 3 rings (SSSR count). The molecule has 22 heavy (non-hydrogen) atoms. The van der Waals surface area contributed by atoms with Crippen molar-refractivity contribution in [1.29, 1.82) is 0 Å². The molecule has 0 unspecified atom stereocenters. The minimum atomic E-state index is 0.344. The average Bonchev–Trinajstić information content (AvgIpc) is 2.97. The lowest BCUT2D eigenvalue weighted by molar-refractivity contribution is 0.814. The summed E-state index contributed by atoms with van der Waals surface area (Å²) in [5.74, 6) is 1.12. The summed E-state index contributed by atoms with van der Waals surface area (Å²) < 4.78 is 0. The standard InChI is InChI=1S/C16H19N5S/c1-10(2)12-13-14(21-20-12)15(19-16(18-13)22-3)17-9-11-7-5-4-6-8-11/h4-8,10H,9H2,1-3H3,(H,20,21)(H,17,18,19). The first kappa shape index (κ1) is 14.8. The Balaban J connectivity index is 1.97. The van der Waals surface area contributed by atoms with Crippen LogP contribution in [0.15, 0.2) is 35.5 Å². The van der Waals surface area contributed by atoms with Crippen LogP contribution in [-0.2, 0) is 6.54 Å². The van der Waals surface area contributed by atoms with Gasteiger partial charge in [0, 0.05) is 6.54 Å². The SMILES string of the molecule is CSc1nc(NCc2ccccc2)c2n[nH]c(C(C)C)c2n1. The molecule has 1 aromatic carbocycles. The number of nitrogens with one attached hydrogen (secondary N) is 2. The van der Waals surface area contributed by atoms with Crippen LogP contribution in [0.25, 0.3) is 11.0 Å². The minimum absolute atomic E-state index is 0.344. The number of rotatable bonds is 5. The average molecular weight is 313 g/mol. The predicted octanol–water partition coefficient (Wildman–Crippen LogP) is 3.81. The van der Waals surface area contributed by atoms with E-state index in [1.807, 2.05) is 24.5 Å². The van der Waals surface area contributed by atoms with E-state index in [9.17, 15) is 0 Å². The van der Waals surface area contributed by atoms with Crippen molar-refractivity contribution in [2.45, 2.75) is 31.5 Å². The van der Waals surface area contributed by atoms with Gasteiger partial charge >= 0.3 is 0 Å². The number of thioether (sulfide) groups is 1. The second-order valence-electron chi connectivity index (χ2n) is 5.39. The summed E-state index contributed by atoms with van der Waals surface area (Å²) in [4.78, 5) is 9.17. The Morgan fingerprint density at radius 3 is 2.59 bits per heavy atom. The molecule has 114 valence electrons. The van der Waals surface area contributed by atoms with E-state index < -0.39 is 0 Å². The Labute approximate surface area is 134 Å². The lowest BCUT2D eigenvalue weighted by Crippen LogP contribution is -2.04. The molecule has 6 heteroatoms. The molecule has 0 bridgehead atoms. The van der Waals surface area contributed by atoms with Crippen LogP contribution in [0, 0.1) is 0 Å². The van der Waals surface area contributed by atoms with Gasteiger partial charge in [0.2, 0.25) is 0 Å². The first-order valence-electron chi connectivity index (χ1n) is 7.27. The summed E-state index contributed by atoms with van der Waals surface area (Å²) in [6.07, 6.45) is 1.98. The van der Waals surface area contributed by atoms with Crippen LogP contribution < -0.4 is 5.32 Å². The van der Waals surface area contributed by atoms with Crippen LogP contribution >= 0.6 is 11.8 Å². The summed E-state index contributed by atoms with van der Waals surface area (Å²) in [7, 11) is 0. The van der Waals surface area contributed by atoms with Crippen molar-refractivity contribution in [3.63, 3.8) is 0 Å². The molecule has 2 aromatic heterocycles. The number of aromatic nitrogens is 4. The fraction of sp³-hybridized carbons (Fsp3) is 0.312. The Hall–Kier alpha value is -2.08. The molecule has 2 heterocycles. The molecule has 0 saturated heterocycles. The molecule has 0 radical (unpaired) electrons. The van der Waals surface area contributed by atoms with E-state index in [4.69, 9.17) is 0 Å². The molecule has 0 amide bonds. The maximum absolute atomic E-state index is 4.61. The third-order valence-electron chi connectivity index (χ3n) is 3.47. The summed E-state index contributed by atoms with van der Waals surface area (Å²) in [6, 6.07) is 10.3. The Bertz CT molecular complexity index is 767. The molecule has 2 N–H and O–H groups in total. The molecule has 0 spiro atoms. The Morgan fingerprint density at radius 2 is 1.91 bits per heavy atom. The lowest BCUT2D eigenvalue weighted by Gasteiger charge is -2.08. The van der Waals surface area contributed by atoms with Crippen LogP contribution in [0.3, 0.4) is 0 Å². The number of aromatic amines is 1. The number of fused-ring (bicyclic) bond motifs is 1. The molecule has 0 aliphatic heterocycles. The van der Waals surface area contributed by atoms with Gasteiger partial charge in [0.1, 0.15) is 5.52 Å². The van der Waals surface area contributed by atoms with Crippen molar-refractivity contribution in [3.8, 4) is 0 Å². The van der Waals surface area contributed by atoms with Crippen LogP contribution in [0.1, 0.15) is 31.0 Å². The number of anilines is 1. The van der Waals surface area contributed by atoms with E-state index in [0.717, 1.165) is 27.7 Å². The third kappa shape index (κ3) is 2.92. The normalized spacial score (nSPS) is 11.3. The van der Waals surface area contributed by atoms with E-state index >= 15 is 0 Å². The number of benzene rings is 1. The fourth-order valence-corrected chi connectivity index (χ4v) is 2.66. The van der Waals surface area contributed by atoms with Gasteiger partial charge in [-0.1, -0.05) is 55.9 Å². The molecule has 0 aliphatic carbocycles. The van der Waals surface area contributed by atoms with E-state index in [2.05, 4.69) is 51.5 Å². The van der Waals surface area contributed by atoms with E-state index in [1.165, 1.54) is 17.3 Å². The number of hydrogen-bond donors (Lipinski definition) is 2. The van der Waals surface area contributed by atoms with Crippen molar-refractivity contribution in [1.82, 2.24) is 20.2 Å². The lowest BCUT2D eigenvalue weighted by atomic mass is 10.1. The van der Waals surface area contributed by atoms with Crippen molar-refractivity contribution in [3.05, 3.63) is 41.6 Å². The largest absolute Gasteiger partial charge is 0.364 e. The summed E-state index contributed by atoms with van der Waals surface area (Å²) in [5.41, 5.74) is 3.97. The van der Waals surface area contributed by atoms with Gasteiger partial charge in [0.05, 0.1) is 5.69 Å². The summed E-state index contributed by atoms with van der Waals surface area (Å²) in [5, 5.41) is 11.6. The molecular formula is C16H19N5S. The van der Waals surface area contributed by atoms with Gasteiger partial charge in [-0.3, -0.25) is 5.10 Å². The van der Waals surface area contributed by atoms with Crippen LogP contribution in [0.4, 0.5) is 5.82 Å². The zero-order chi connectivity index (χ0) is 15.5. The van der Waals surface area contributed by atoms with Crippen molar-refractivity contribution < 1.29 is 0 Å². The Kier molecular flexibility index (Phi) is 4.29. The van der Waals surface area contributed by atoms with Gasteiger partial charge < -0.3 is 5.32 Å². The van der Waals surface area contributed by atoms with Crippen molar-refractivity contribution in [2.75, 3.05) is 11.6 Å². The molecule has 5 nitrogen and oxygen atoms in total. The zero-order valence-corrected chi connectivity index (χ0v) is 13.7. The zero-order valence-electron chi connectivity index (χ0n) is 12.9. The molecular weight excluding hydrogens is 294 g/mol. The highest BCUT2D eigenvalue weighted by Gasteiger charge is 2.16. The molecule has 0 atom stereocenters. The molecule has 3 aromatic rings. The number of hydrogen-bond acceptors (Lipinski definition) is 5. The Morgan fingerprint density at radius 1 is 1.14 bits per heavy atom. The summed E-state index contributed by atoms with van der Waals surface area (Å²) >= 11 is 1.54. The molecule has 0 saturated carbocycles. The number of H-pyrrole nitrogens is 1. The monoisotopic (exact) mass is 313 g/mol. The van der Waals surface area contributed by atoms with E-state index in [0.29, 0.717) is 12.5 Å². The highest BCUT2D eigenvalue weighted by molar-refractivity contribution is 7.98. The first-order chi connectivity index (χ1) is 10.7. The quantitative estimate of drug-likeness (QED) is 0.554. The fourth-order valence-electron chi connectivity index (χ4n) is 2.30. The van der Waals surface area contributed by atoms with Gasteiger partial charge in [-0.2, -0.15) is 5.10 Å². The van der Waals surface area contributed by atoms with Crippen LogP contribution in [0.5, 0.6) is 0 Å². The predicted molar refractivity (Wildman–Crippen MR) is 91.3 cm³/mol. The smallest absolute Gasteiger partial charge is 0.190 e. The van der Waals surface area contributed by atoms with Gasteiger partial charge in [-0.15, -0.1) is 0 Å². The van der Waals surface area contributed by atoms with Gasteiger partial charge in [-0.05, 0) is 17.7 Å². The van der Waals surface area contributed by atoms with Crippen molar-refractivity contribution >= 4 is 28.6 Å². The van der Waals surface area contributed by atoms with Gasteiger partial charge in [-0.25, -0.2) is 9.97 Å². The summed E-state index contributed by atoms with van der Waals surface area (Å²) in [6.45, 7) is 4.97. The highest BCUT2D eigenvalue weighted by atomic mass is 32.2. The van der Waals surface area contributed by atoms with Crippen LogP contribution in [0.2, 0.25) is 0 Å². The van der Waals surface area contributed by atoms with E-state index in [1.54, 1.807) is 0 Å². The van der Waals surface area contributed by atoms with Crippen LogP contribution in [-0.4, -0.2) is 26.4 Å². The van der Waals surface area contributed by atoms with Gasteiger partial charge in [0.25, 0.3) is 0 Å². The first-order valence-corrected chi connectivity index (χ1v) is 8.49. The maximum atomic E-state index is 4.61. The second-order valence-corrected chi connectivity index (χ2v) is 6.16. The molecule has 0 fully saturated rings. The van der Waals surface area contributed by atoms with E-state index in [-0.39, 0.29) is 0 Å². The second kappa shape index (κ2) is 6.36. The topological polar surface area (TPSA) is 66.5 Å².